The van der Waals surface area contributed by atoms with Crippen LogP contribution in [-0.4, -0.2) is 53.3 Å². The van der Waals surface area contributed by atoms with Crippen molar-refractivity contribution in [2.45, 2.75) is 31.4 Å². The molecule has 8 heteroatoms. The normalized spacial score (nSPS) is 26.1. The molecule has 1 aromatic carbocycles. The third-order valence-electron chi connectivity index (χ3n) is 5.88. The van der Waals surface area contributed by atoms with Crippen molar-refractivity contribution in [1.82, 2.24) is 15.3 Å². The van der Waals surface area contributed by atoms with Crippen LogP contribution in [0.4, 0.5) is 5.95 Å². The van der Waals surface area contributed by atoms with Crippen molar-refractivity contribution in [1.29, 1.82) is 0 Å². The van der Waals surface area contributed by atoms with Crippen LogP contribution in [0.25, 0.3) is 0 Å². The highest BCUT2D eigenvalue weighted by atomic mass is 35.5. The maximum absolute atomic E-state index is 12.5. The van der Waals surface area contributed by atoms with Crippen LogP contribution in [0, 0.1) is 11.8 Å². The number of fused-ring (bicyclic) bond motifs is 1. The number of benzene rings is 1. The van der Waals surface area contributed by atoms with E-state index in [1.54, 1.807) is 31.5 Å². The van der Waals surface area contributed by atoms with E-state index in [2.05, 4.69) is 20.2 Å². The lowest BCUT2D eigenvalue weighted by Crippen LogP contribution is -2.49. The molecule has 1 saturated carbocycles. The van der Waals surface area contributed by atoms with Crippen LogP contribution in [0.15, 0.2) is 36.5 Å². The van der Waals surface area contributed by atoms with Crippen molar-refractivity contribution in [2.75, 3.05) is 25.1 Å². The van der Waals surface area contributed by atoms with Gasteiger partial charge in [0.15, 0.2) is 0 Å². The zero-order chi connectivity index (χ0) is 20.4. The smallest absolute Gasteiger partial charge is 0.228 e. The molecule has 2 heterocycles. The first-order chi connectivity index (χ1) is 14.0. The van der Waals surface area contributed by atoms with Gasteiger partial charge in [-0.05, 0) is 42.4 Å². The Labute approximate surface area is 175 Å². The molecule has 0 spiro atoms. The van der Waals surface area contributed by atoms with Crippen LogP contribution < -0.4 is 15.0 Å². The number of carbonyl (C=O) groups is 1. The number of hydrogen-bond donors (Lipinski definition) is 2. The fraction of sp³-hybridized carbons (Fsp3) is 0.476. The molecule has 2 fully saturated rings. The van der Waals surface area contributed by atoms with E-state index in [0.717, 1.165) is 25.1 Å². The van der Waals surface area contributed by atoms with E-state index in [1.807, 2.05) is 12.1 Å². The van der Waals surface area contributed by atoms with Gasteiger partial charge in [0.2, 0.25) is 17.7 Å². The molecule has 1 amide bonds. The Morgan fingerprint density at radius 2 is 1.97 bits per heavy atom. The molecule has 0 unspecified atom stereocenters. The zero-order valence-electron chi connectivity index (χ0n) is 16.3. The van der Waals surface area contributed by atoms with E-state index in [-0.39, 0.29) is 18.4 Å². The van der Waals surface area contributed by atoms with Crippen molar-refractivity contribution in [3.63, 3.8) is 0 Å². The predicted octanol–water partition coefficient (Wildman–Crippen LogP) is 2.07. The minimum absolute atomic E-state index is 0.0826. The van der Waals surface area contributed by atoms with Crippen LogP contribution in [0.5, 0.6) is 5.88 Å². The van der Waals surface area contributed by atoms with Gasteiger partial charge < -0.3 is 20.1 Å². The Hall–Kier alpha value is -2.38. The maximum Gasteiger partial charge on any atom is 0.228 e. The summed E-state index contributed by atoms with van der Waals surface area (Å²) in [7, 11) is 1.59. The molecule has 1 aromatic heterocycles. The van der Waals surface area contributed by atoms with E-state index >= 15 is 0 Å². The molecule has 4 rings (SSSR count). The Morgan fingerprint density at radius 1 is 1.24 bits per heavy atom. The molecule has 2 aliphatic rings. The monoisotopic (exact) mass is 416 g/mol. The summed E-state index contributed by atoms with van der Waals surface area (Å²) in [6.07, 6.45) is 2.84. The summed E-state index contributed by atoms with van der Waals surface area (Å²) in [5, 5.41) is 14.3. The van der Waals surface area contributed by atoms with Crippen LogP contribution >= 0.6 is 11.6 Å². The molecule has 29 heavy (non-hydrogen) atoms. The fourth-order valence-electron chi connectivity index (χ4n) is 4.39. The SMILES string of the molecule is COc1ccnc(N2C[C@H]3C[C@H](O)[C@@H](NC(=O)Cc4ccc(Cl)cc4)C[C@H]3C2)n1. The molecule has 154 valence electrons. The van der Waals surface area contributed by atoms with Gasteiger partial charge in [0.1, 0.15) is 0 Å². The number of nitrogens with zero attached hydrogens (tertiary/aromatic N) is 3. The Bertz CT molecular complexity index is 863. The maximum atomic E-state index is 12.5. The number of aliphatic hydroxyl groups is 1. The van der Waals surface area contributed by atoms with Gasteiger partial charge in [-0.1, -0.05) is 23.7 Å². The van der Waals surface area contributed by atoms with Crippen LogP contribution in [0.3, 0.4) is 0 Å². The van der Waals surface area contributed by atoms with E-state index in [1.165, 1.54) is 0 Å². The minimum atomic E-state index is -0.545. The number of nitrogens with one attached hydrogen (secondary N) is 1. The van der Waals surface area contributed by atoms with Crippen molar-refractivity contribution in [3.05, 3.63) is 47.1 Å². The number of halogens is 1. The van der Waals surface area contributed by atoms with Crippen LogP contribution in [0.2, 0.25) is 5.02 Å². The Morgan fingerprint density at radius 3 is 2.69 bits per heavy atom. The number of methoxy groups -OCH3 is 1. The summed E-state index contributed by atoms with van der Waals surface area (Å²) < 4.78 is 5.19. The molecule has 1 aliphatic heterocycles. The van der Waals surface area contributed by atoms with E-state index in [9.17, 15) is 9.90 Å². The third-order valence-corrected chi connectivity index (χ3v) is 6.13. The lowest BCUT2D eigenvalue weighted by Gasteiger charge is -2.35. The quantitative estimate of drug-likeness (QED) is 0.775. The summed E-state index contributed by atoms with van der Waals surface area (Å²) in [6, 6.07) is 8.73. The lowest BCUT2D eigenvalue weighted by atomic mass is 9.77. The largest absolute Gasteiger partial charge is 0.481 e. The van der Waals surface area contributed by atoms with Crippen molar-refractivity contribution >= 4 is 23.5 Å². The van der Waals surface area contributed by atoms with Crippen molar-refractivity contribution in [2.24, 2.45) is 11.8 Å². The molecular weight excluding hydrogens is 392 g/mol. The first-order valence-corrected chi connectivity index (χ1v) is 10.2. The highest BCUT2D eigenvalue weighted by Crippen LogP contribution is 2.37. The van der Waals surface area contributed by atoms with Gasteiger partial charge in [-0.15, -0.1) is 0 Å². The molecule has 2 N–H and O–H groups in total. The third kappa shape index (κ3) is 4.62. The molecule has 2 aromatic rings. The van der Waals surface area contributed by atoms with Gasteiger partial charge >= 0.3 is 0 Å². The van der Waals surface area contributed by atoms with Gasteiger partial charge in [-0.2, -0.15) is 4.98 Å². The number of carbonyl (C=O) groups excluding carboxylic acids is 1. The summed E-state index contributed by atoms with van der Waals surface area (Å²) >= 11 is 5.89. The number of amides is 1. The zero-order valence-corrected chi connectivity index (χ0v) is 17.0. The summed E-state index contributed by atoms with van der Waals surface area (Å²) in [6.45, 7) is 1.62. The average molecular weight is 417 g/mol. The average Bonchev–Trinajstić information content (AvgIpc) is 3.13. The standard InChI is InChI=1S/C21H25ClN4O3/c1-29-20-6-7-23-21(25-20)26-11-14-9-17(18(27)10-15(14)12-26)24-19(28)8-13-2-4-16(22)5-3-13/h2-7,14-15,17-18,27H,8-12H2,1H3,(H,24,28)/t14-,15+,17-,18-/m0/s1. The van der Waals surface area contributed by atoms with Crippen LogP contribution in [0.1, 0.15) is 18.4 Å². The van der Waals surface area contributed by atoms with Gasteiger partial charge in [0, 0.05) is 30.4 Å². The number of aliphatic hydroxyl groups excluding tert-OH is 1. The number of anilines is 1. The molecule has 1 saturated heterocycles. The van der Waals surface area contributed by atoms with E-state index in [4.69, 9.17) is 16.3 Å². The number of ether oxygens (including phenoxy) is 1. The highest BCUT2D eigenvalue weighted by Gasteiger charge is 2.42. The molecular formula is C21H25ClN4O3. The van der Waals surface area contributed by atoms with Gasteiger partial charge in [0.25, 0.3) is 0 Å². The van der Waals surface area contributed by atoms with Crippen molar-refractivity contribution in [3.8, 4) is 5.88 Å². The second-order valence-electron chi connectivity index (χ2n) is 7.84. The predicted molar refractivity (Wildman–Crippen MR) is 110 cm³/mol. The van der Waals surface area contributed by atoms with Crippen molar-refractivity contribution < 1.29 is 14.6 Å². The summed E-state index contributed by atoms with van der Waals surface area (Å²) in [5.41, 5.74) is 0.900. The second-order valence-corrected chi connectivity index (χ2v) is 8.28. The topological polar surface area (TPSA) is 87.6 Å². The van der Waals surface area contributed by atoms with Crippen LogP contribution in [-0.2, 0) is 11.2 Å². The van der Waals surface area contributed by atoms with Gasteiger partial charge in [-0.3, -0.25) is 4.79 Å². The highest BCUT2D eigenvalue weighted by molar-refractivity contribution is 6.30. The molecule has 0 bridgehead atoms. The molecule has 0 radical (unpaired) electrons. The number of rotatable bonds is 5. The molecule has 1 aliphatic carbocycles. The second kappa shape index (κ2) is 8.55. The van der Waals surface area contributed by atoms with Gasteiger partial charge in [0.05, 0.1) is 25.7 Å². The number of hydrogen-bond acceptors (Lipinski definition) is 6. The first-order valence-electron chi connectivity index (χ1n) is 9.85. The Balaban J connectivity index is 1.36. The van der Waals surface area contributed by atoms with E-state index < -0.39 is 6.10 Å². The lowest BCUT2D eigenvalue weighted by molar-refractivity contribution is -0.122. The molecule has 7 nitrogen and oxygen atoms in total. The van der Waals surface area contributed by atoms with Gasteiger partial charge in [-0.25, -0.2) is 4.98 Å². The summed E-state index contributed by atoms with van der Waals surface area (Å²) in [5.74, 6) is 1.85. The molecule has 4 atom stereocenters. The minimum Gasteiger partial charge on any atom is -0.481 e. The summed E-state index contributed by atoms with van der Waals surface area (Å²) in [4.78, 5) is 23.4. The Kier molecular flexibility index (Phi) is 5.87. The number of aromatic nitrogens is 2. The fourth-order valence-corrected chi connectivity index (χ4v) is 4.52. The first kappa shape index (κ1) is 19.9. The van der Waals surface area contributed by atoms with E-state index in [0.29, 0.717) is 35.1 Å².